The van der Waals surface area contributed by atoms with Crippen molar-refractivity contribution in [3.63, 3.8) is 0 Å². The van der Waals surface area contributed by atoms with E-state index in [1.54, 1.807) is 18.1 Å². The molecule has 1 aliphatic heterocycles. The number of likely N-dealkylation sites (N-methyl/N-ethyl adjacent to an activating group) is 1. The molecule has 1 atom stereocenters. The van der Waals surface area contributed by atoms with Gasteiger partial charge in [0.1, 0.15) is 18.4 Å². The van der Waals surface area contributed by atoms with Gasteiger partial charge in [-0.2, -0.15) is 0 Å². The molecule has 1 aliphatic rings. The van der Waals surface area contributed by atoms with Gasteiger partial charge in [0.15, 0.2) is 0 Å². The summed E-state index contributed by atoms with van der Waals surface area (Å²) in [6.45, 7) is 0.194. The van der Waals surface area contributed by atoms with Crippen molar-refractivity contribution in [2.75, 3.05) is 18.6 Å². The Hall–Kier alpha value is -2.40. The number of aromatic nitrogens is 1. The summed E-state index contributed by atoms with van der Waals surface area (Å²) in [5.41, 5.74) is 8.27. The predicted molar refractivity (Wildman–Crippen MR) is 76.6 cm³/mol. The first-order valence-corrected chi connectivity index (χ1v) is 6.38. The summed E-state index contributed by atoms with van der Waals surface area (Å²) in [5.74, 6) is 0.510. The Labute approximate surface area is 117 Å². The predicted octanol–water partition coefficient (Wildman–Crippen LogP) is 1.43. The Kier molecular flexibility index (Phi) is 3.12. The van der Waals surface area contributed by atoms with Crippen LogP contribution in [0.2, 0.25) is 0 Å². The van der Waals surface area contributed by atoms with E-state index in [9.17, 15) is 4.79 Å². The van der Waals surface area contributed by atoms with Crippen LogP contribution in [0.15, 0.2) is 42.6 Å². The molecule has 0 spiro atoms. The number of pyridine rings is 1. The van der Waals surface area contributed by atoms with Gasteiger partial charge in [-0.25, -0.2) is 0 Å². The van der Waals surface area contributed by atoms with Crippen molar-refractivity contribution in [2.24, 2.45) is 5.73 Å². The van der Waals surface area contributed by atoms with Gasteiger partial charge >= 0.3 is 0 Å². The van der Waals surface area contributed by atoms with E-state index >= 15 is 0 Å². The van der Waals surface area contributed by atoms with E-state index in [0.29, 0.717) is 11.4 Å². The van der Waals surface area contributed by atoms with Crippen molar-refractivity contribution in [2.45, 2.75) is 6.04 Å². The number of nitrogens with zero attached hydrogens (tertiary/aromatic N) is 2. The fourth-order valence-corrected chi connectivity index (χ4v) is 2.21. The number of anilines is 1. The second kappa shape index (κ2) is 4.94. The highest BCUT2D eigenvalue weighted by atomic mass is 16.5. The molecule has 0 bridgehead atoms. The van der Waals surface area contributed by atoms with Crippen LogP contribution < -0.4 is 15.4 Å². The van der Waals surface area contributed by atoms with E-state index in [1.807, 2.05) is 36.4 Å². The Morgan fingerprint density at radius 2 is 2.20 bits per heavy atom. The molecule has 0 unspecified atom stereocenters. The Balaban J connectivity index is 2.07. The minimum absolute atomic E-state index is 0.151. The minimum atomic E-state index is -0.634. The molecule has 0 saturated carbocycles. The summed E-state index contributed by atoms with van der Waals surface area (Å²) in [7, 11) is 1.71. The SMILES string of the molecule is CN1C(=O)[C@@H](N)COc2ccc(-c3ccccn3)cc21. The van der Waals surface area contributed by atoms with Crippen molar-refractivity contribution >= 4 is 11.6 Å². The van der Waals surface area contributed by atoms with E-state index in [-0.39, 0.29) is 12.5 Å². The minimum Gasteiger partial charge on any atom is -0.489 e. The van der Waals surface area contributed by atoms with E-state index in [1.165, 1.54) is 0 Å². The van der Waals surface area contributed by atoms with Gasteiger partial charge in [0, 0.05) is 18.8 Å². The lowest BCUT2D eigenvalue weighted by atomic mass is 10.1. The largest absolute Gasteiger partial charge is 0.489 e. The lowest BCUT2D eigenvalue weighted by molar-refractivity contribution is -0.119. The number of hydrogen-bond acceptors (Lipinski definition) is 4. The molecule has 1 aromatic carbocycles. The van der Waals surface area contributed by atoms with Gasteiger partial charge in [0.05, 0.1) is 11.4 Å². The van der Waals surface area contributed by atoms with E-state index in [2.05, 4.69) is 4.98 Å². The van der Waals surface area contributed by atoms with Crippen molar-refractivity contribution in [3.05, 3.63) is 42.6 Å². The molecule has 20 heavy (non-hydrogen) atoms. The number of carbonyl (C=O) groups excluding carboxylic acids is 1. The third-order valence-electron chi connectivity index (χ3n) is 3.35. The van der Waals surface area contributed by atoms with Gasteiger partial charge in [0.25, 0.3) is 0 Å². The van der Waals surface area contributed by atoms with Gasteiger partial charge < -0.3 is 15.4 Å². The number of ether oxygens (including phenoxy) is 1. The third-order valence-corrected chi connectivity index (χ3v) is 3.35. The molecule has 2 N–H and O–H groups in total. The molecule has 102 valence electrons. The lowest BCUT2D eigenvalue weighted by Gasteiger charge is -2.18. The highest BCUT2D eigenvalue weighted by Gasteiger charge is 2.26. The lowest BCUT2D eigenvalue weighted by Crippen LogP contribution is -2.43. The molecule has 1 amide bonds. The average molecular weight is 269 g/mol. The summed E-state index contributed by atoms with van der Waals surface area (Å²) in [4.78, 5) is 17.9. The molecule has 0 radical (unpaired) electrons. The number of nitrogens with two attached hydrogens (primary N) is 1. The van der Waals surface area contributed by atoms with Crippen molar-refractivity contribution in [1.82, 2.24) is 4.98 Å². The van der Waals surface area contributed by atoms with Crippen LogP contribution in [0.4, 0.5) is 5.69 Å². The molecular formula is C15H15N3O2. The fourth-order valence-electron chi connectivity index (χ4n) is 2.21. The first-order valence-electron chi connectivity index (χ1n) is 6.38. The number of benzene rings is 1. The second-order valence-corrected chi connectivity index (χ2v) is 4.71. The maximum Gasteiger partial charge on any atom is 0.247 e. The maximum atomic E-state index is 12.1. The topological polar surface area (TPSA) is 68.5 Å². The van der Waals surface area contributed by atoms with Gasteiger partial charge in [0.2, 0.25) is 5.91 Å². The van der Waals surface area contributed by atoms with Gasteiger partial charge in [-0.1, -0.05) is 6.07 Å². The van der Waals surface area contributed by atoms with Crippen molar-refractivity contribution in [1.29, 1.82) is 0 Å². The Morgan fingerprint density at radius 3 is 2.95 bits per heavy atom. The van der Waals surface area contributed by atoms with Crippen LogP contribution in [-0.2, 0) is 4.79 Å². The van der Waals surface area contributed by atoms with Crippen LogP contribution in [0.5, 0.6) is 5.75 Å². The first kappa shape index (κ1) is 12.6. The Morgan fingerprint density at radius 1 is 1.35 bits per heavy atom. The monoisotopic (exact) mass is 269 g/mol. The van der Waals surface area contributed by atoms with Gasteiger partial charge in [-0.05, 0) is 30.3 Å². The zero-order valence-electron chi connectivity index (χ0n) is 11.1. The third kappa shape index (κ3) is 2.12. The molecule has 2 aromatic rings. The standard InChI is InChI=1S/C15H15N3O2/c1-18-13-8-10(12-4-2-3-7-17-12)5-6-14(13)20-9-11(16)15(18)19/h2-8,11H,9,16H2,1H3/t11-/m0/s1. The molecule has 1 aromatic heterocycles. The normalized spacial score (nSPS) is 18.2. The van der Waals surface area contributed by atoms with E-state index in [0.717, 1.165) is 11.3 Å². The quantitative estimate of drug-likeness (QED) is 0.850. The summed E-state index contributed by atoms with van der Waals surface area (Å²) < 4.78 is 5.58. The summed E-state index contributed by atoms with van der Waals surface area (Å²) in [6, 6.07) is 10.8. The zero-order valence-corrected chi connectivity index (χ0v) is 11.1. The van der Waals surface area contributed by atoms with Crippen LogP contribution in [0.25, 0.3) is 11.3 Å². The van der Waals surface area contributed by atoms with Gasteiger partial charge in [-0.15, -0.1) is 0 Å². The number of carbonyl (C=O) groups is 1. The van der Waals surface area contributed by atoms with Crippen LogP contribution in [0.1, 0.15) is 0 Å². The number of hydrogen-bond donors (Lipinski definition) is 1. The smallest absolute Gasteiger partial charge is 0.247 e. The summed E-state index contributed by atoms with van der Waals surface area (Å²) in [5, 5.41) is 0. The zero-order chi connectivity index (χ0) is 14.1. The molecule has 5 nitrogen and oxygen atoms in total. The number of amides is 1. The van der Waals surface area contributed by atoms with Crippen LogP contribution in [0, 0.1) is 0 Å². The van der Waals surface area contributed by atoms with Crippen molar-refractivity contribution in [3.8, 4) is 17.0 Å². The first-order chi connectivity index (χ1) is 9.66. The van der Waals surface area contributed by atoms with E-state index < -0.39 is 6.04 Å². The van der Waals surface area contributed by atoms with Gasteiger partial charge in [-0.3, -0.25) is 9.78 Å². The molecule has 0 aliphatic carbocycles. The molecular weight excluding hydrogens is 254 g/mol. The maximum absolute atomic E-state index is 12.1. The average Bonchev–Trinajstić information content (AvgIpc) is 2.61. The highest BCUT2D eigenvalue weighted by Crippen LogP contribution is 2.34. The molecule has 0 fully saturated rings. The van der Waals surface area contributed by atoms with Crippen molar-refractivity contribution < 1.29 is 9.53 Å². The molecule has 3 rings (SSSR count). The van der Waals surface area contributed by atoms with E-state index in [4.69, 9.17) is 10.5 Å². The molecule has 0 saturated heterocycles. The summed E-state index contributed by atoms with van der Waals surface area (Å²) >= 11 is 0. The second-order valence-electron chi connectivity index (χ2n) is 4.71. The van der Waals surface area contributed by atoms with Crippen LogP contribution >= 0.6 is 0 Å². The highest BCUT2D eigenvalue weighted by molar-refractivity contribution is 5.99. The number of rotatable bonds is 1. The van der Waals surface area contributed by atoms with Crippen LogP contribution in [-0.4, -0.2) is 30.6 Å². The molecule has 5 heteroatoms. The number of fused-ring (bicyclic) bond motifs is 1. The Bertz CT molecular complexity index is 643. The van der Waals surface area contributed by atoms with Crippen LogP contribution in [0.3, 0.4) is 0 Å². The summed E-state index contributed by atoms with van der Waals surface area (Å²) in [6.07, 6.45) is 1.74. The molecule has 2 heterocycles. The fraction of sp³-hybridized carbons (Fsp3) is 0.200.